The van der Waals surface area contributed by atoms with E-state index in [1.807, 2.05) is 72.3 Å². The molecule has 0 radical (unpaired) electrons. The smallest absolute Gasteiger partial charge is 0.227 e. The van der Waals surface area contributed by atoms with Crippen molar-refractivity contribution in [2.75, 3.05) is 13.1 Å². The van der Waals surface area contributed by atoms with Crippen LogP contribution in [-0.4, -0.2) is 39.0 Å². The average Bonchev–Trinajstić information content (AvgIpc) is 3.16. The summed E-state index contributed by atoms with van der Waals surface area (Å²) in [6.07, 6.45) is 0.168. The van der Waals surface area contributed by atoms with Crippen LogP contribution < -0.4 is 4.74 Å². The SMILES string of the molecule is Cc1ccc(Oc2c(CN(CC(C)C)C[C@@H](O)Cc3ccccc3)c(C)nn2-c2ccccc2)cc1. The van der Waals surface area contributed by atoms with Gasteiger partial charge in [0.2, 0.25) is 5.88 Å². The van der Waals surface area contributed by atoms with Crippen molar-refractivity contribution in [1.82, 2.24) is 14.7 Å². The van der Waals surface area contributed by atoms with Gasteiger partial charge in [-0.25, -0.2) is 4.68 Å². The molecule has 5 heteroatoms. The van der Waals surface area contributed by atoms with E-state index in [0.717, 1.165) is 34.8 Å². The third-order valence-corrected chi connectivity index (χ3v) is 6.16. The molecule has 1 N–H and O–H groups in total. The summed E-state index contributed by atoms with van der Waals surface area (Å²) in [6, 6.07) is 28.3. The Kier molecular flexibility index (Phi) is 8.57. The average molecular weight is 484 g/mol. The molecule has 188 valence electrons. The second kappa shape index (κ2) is 12.0. The Hall–Kier alpha value is -3.41. The third-order valence-electron chi connectivity index (χ3n) is 6.16. The Bertz CT molecular complexity index is 1220. The van der Waals surface area contributed by atoms with E-state index >= 15 is 0 Å². The zero-order chi connectivity index (χ0) is 25.5. The van der Waals surface area contributed by atoms with Crippen LogP contribution in [0.3, 0.4) is 0 Å². The molecule has 0 fully saturated rings. The van der Waals surface area contributed by atoms with Gasteiger partial charge in [-0.3, -0.25) is 4.90 Å². The largest absolute Gasteiger partial charge is 0.439 e. The van der Waals surface area contributed by atoms with Crippen molar-refractivity contribution < 1.29 is 9.84 Å². The van der Waals surface area contributed by atoms with E-state index in [0.29, 0.717) is 31.3 Å². The maximum atomic E-state index is 11.0. The summed E-state index contributed by atoms with van der Waals surface area (Å²) >= 11 is 0. The first kappa shape index (κ1) is 25.7. The summed E-state index contributed by atoms with van der Waals surface area (Å²) in [5.41, 5.74) is 5.24. The molecule has 0 aliphatic carbocycles. The number of rotatable bonds is 11. The van der Waals surface area contributed by atoms with Gasteiger partial charge in [0.25, 0.3) is 0 Å². The van der Waals surface area contributed by atoms with Crippen LogP contribution in [0.5, 0.6) is 11.6 Å². The van der Waals surface area contributed by atoms with Crippen molar-refractivity contribution in [1.29, 1.82) is 0 Å². The van der Waals surface area contributed by atoms with E-state index in [1.165, 1.54) is 5.56 Å². The summed E-state index contributed by atoms with van der Waals surface area (Å²) < 4.78 is 8.38. The molecular formula is C31H37N3O2. The van der Waals surface area contributed by atoms with Gasteiger partial charge in [-0.2, -0.15) is 5.10 Å². The van der Waals surface area contributed by atoms with E-state index in [1.54, 1.807) is 0 Å². The molecule has 0 unspecified atom stereocenters. The van der Waals surface area contributed by atoms with Gasteiger partial charge in [0.15, 0.2) is 0 Å². The van der Waals surface area contributed by atoms with Crippen LogP contribution in [0.25, 0.3) is 5.69 Å². The zero-order valence-electron chi connectivity index (χ0n) is 21.8. The lowest BCUT2D eigenvalue weighted by Gasteiger charge is -2.27. The standard InChI is InChI=1S/C31H37N3O2/c1-23(2)20-33(21-28(35)19-26-11-7-5-8-12-26)22-30-25(4)32-34(27-13-9-6-10-14-27)31(30)36-29-17-15-24(3)16-18-29/h5-18,23,28,35H,19-22H2,1-4H3/t28-/m0/s1. The highest BCUT2D eigenvalue weighted by atomic mass is 16.5. The van der Waals surface area contributed by atoms with Crippen molar-refractivity contribution >= 4 is 0 Å². The number of aliphatic hydroxyl groups excluding tert-OH is 1. The summed E-state index contributed by atoms with van der Waals surface area (Å²) in [4.78, 5) is 2.32. The lowest BCUT2D eigenvalue weighted by molar-refractivity contribution is 0.101. The van der Waals surface area contributed by atoms with Gasteiger partial charge in [-0.15, -0.1) is 0 Å². The highest BCUT2D eigenvalue weighted by Crippen LogP contribution is 2.32. The lowest BCUT2D eigenvalue weighted by atomic mass is 10.1. The molecule has 0 aliphatic rings. The number of aromatic nitrogens is 2. The number of aryl methyl sites for hydroxylation is 2. The van der Waals surface area contributed by atoms with E-state index in [4.69, 9.17) is 9.84 Å². The zero-order valence-corrected chi connectivity index (χ0v) is 21.8. The summed E-state index contributed by atoms with van der Waals surface area (Å²) in [5.74, 6) is 1.95. The van der Waals surface area contributed by atoms with Crippen LogP contribution in [0, 0.1) is 19.8 Å². The fourth-order valence-electron chi connectivity index (χ4n) is 4.48. The van der Waals surface area contributed by atoms with Crippen molar-refractivity contribution in [3.63, 3.8) is 0 Å². The topological polar surface area (TPSA) is 50.5 Å². The molecule has 1 aromatic heterocycles. The molecule has 3 aromatic carbocycles. The predicted molar refractivity (Wildman–Crippen MR) is 146 cm³/mol. The summed E-state index contributed by atoms with van der Waals surface area (Å²) in [6.45, 7) is 10.6. The molecule has 0 amide bonds. The molecule has 36 heavy (non-hydrogen) atoms. The van der Waals surface area contributed by atoms with E-state index in [-0.39, 0.29) is 0 Å². The van der Waals surface area contributed by atoms with Gasteiger partial charge in [-0.1, -0.05) is 80.1 Å². The molecule has 0 saturated carbocycles. The third kappa shape index (κ3) is 6.84. The van der Waals surface area contributed by atoms with Crippen LogP contribution in [0.2, 0.25) is 0 Å². The second-order valence-corrected chi connectivity index (χ2v) is 9.96. The second-order valence-electron chi connectivity index (χ2n) is 9.96. The highest BCUT2D eigenvalue weighted by Gasteiger charge is 2.23. The van der Waals surface area contributed by atoms with Crippen LogP contribution in [0.1, 0.15) is 36.2 Å². The van der Waals surface area contributed by atoms with Crippen molar-refractivity contribution in [2.45, 2.75) is 46.8 Å². The van der Waals surface area contributed by atoms with E-state index in [2.05, 4.69) is 49.9 Å². The minimum atomic E-state index is -0.461. The van der Waals surface area contributed by atoms with Gasteiger partial charge < -0.3 is 9.84 Å². The fourth-order valence-corrected chi connectivity index (χ4v) is 4.48. The molecule has 0 spiro atoms. The first-order valence-corrected chi connectivity index (χ1v) is 12.7. The molecule has 1 heterocycles. The van der Waals surface area contributed by atoms with E-state index < -0.39 is 6.10 Å². The number of nitrogens with zero attached hydrogens (tertiary/aromatic N) is 3. The number of ether oxygens (including phenoxy) is 1. The normalized spacial score (nSPS) is 12.3. The highest BCUT2D eigenvalue weighted by molar-refractivity contribution is 5.43. The lowest BCUT2D eigenvalue weighted by Crippen LogP contribution is -2.35. The molecule has 0 aliphatic heterocycles. The van der Waals surface area contributed by atoms with Crippen LogP contribution in [-0.2, 0) is 13.0 Å². The number of benzene rings is 3. The summed E-state index contributed by atoms with van der Waals surface area (Å²) in [7, 11) is 0. The van der Waals surface area contributed by atoms with Gasteiger partial charge in [0.1, 0.15) is 5.75 Å². The Morgan fingerprint density at radius 1 is 0.861 bits per heavy atom. The Morgan fingerprint density at radius 3 is 2.14 bits per heavy atom. The minimum absolute atomic E-state index is 0.458. The Morgan fingerprint density at radius 2 is 1.50 bits per heavy atom. The van der Waals surface area contributed by atoms with Crippen molar-refractivity contribution in [2.24, 2.45) is 5.92 Å². The van der Waals surface area contributed by atoms with Gasteiger partial charge >= 0.3 is 0 Å². The molecule has 4 aromatic rings. The number of hydrogen-bond donors (Lipinski definition) is 1. The predicted octanol–water partition coefficient (Wildman–Crippen LogP) is 6.34. The van der Waals surface area contributed by atoms with Crippen LogP contribution >= 0.6 is 0 Å². The molecule has 0 bridgehead atoms. The van der Waals surface area contributed by atoms with Gasteiger partial charge in [0, 0.05) is 19.6 Å². The number of para-hydroxylation sites is 1. The molecule has 4 rings (SSSR count). The maximum absolute atomic E-state index is 11.0. The molecular weight excluding hydrogens is 446 g/mol. The summed E-state index contributed by atoms with van der Waals surface area (Å²) in [5, 5.41) is 15.8. The first-order chi connectivity index (χ1) is 17.4. The van der Waals surface area contributed by atoms with Crippen LogP contribution in [0.15, 0.2) is 84.9 Å². The Labute approximate surface area is 215 Å². The number of aliphatic hydroxyl groups is 1. The van der Waals surface area contributed by atoms with E-state index in [9.17, 15) is 5.11 Å². The maximum Gasteiger partial charge on any atom is 0.227 e. The molecule has 1 atom stereocenters. The van der Waals surface area contributed by atoms with Gasteiger partial charge in [-0.05, 0) is 56.0 Å². The first-order valence-electron chi connectivity index (χ1n) is 12.7. The Balaban J connectivity index is 1.64. The fraction of sp³-hybridized carbons (Fsp3) is 0.323. The van der Waals surface area contributed by atoms with Crippen molar-refractivity contribution in [3.05, 3.63) is 107 Å². The molecule has 0 saturated heterocycles. The number of hydrogen-bond acceptors (Lipinski definition) is 4. The van der Waals surface area contributed by atoms with Gasteiger partial charge in [0.05, 0.1) is 23.0 Å². The quantitative estimate of drug-likeness (QED) is 0.270. The minimum Gasteiger partial charge on any atom is -0.439 e. The monoisotopic (exact) mass is 483 g/mol. The van der Waals surface area contributed by atoms with Crippen LogP contribution in [0.4, 0.5) is 0 Å². The van der Waals surface area contributed by atoms with Crippen molar-refractivity contribution in [3.8, 4) is 17.3 Å². The molecule has 5 nitrogen and oxygen atoms in total.